The van der Waals surface area contributed by atoms with Gasteiger partial charge in [-0.2, -0.15) is 4.31 Å². The summed E-state index contributed by atoms with van der Waals surface area (Å²) in [6.07, 6.45) is 1.78. The number of aryl methyl sites for hydroxylation is 1. The van der Waals surface area contributed by atoms with E-state index >= 15 is 0 Å². The van der Waals surface area contributed by atoms with E-state index in [1.807, 2.05) is 31.2 Å². The van der Waals surface area contributed by atoms with Crippen LogP contribution >= 0.6 is 0 Å². The molecule has 1 fully saturated rings. The van der Waals surface area contributed by atoms with Crippen LogP contribution in [0.4, 0.5) is 0 Å². The van der Waals surface area contributed by atoms with Gasteiger partial charge in [-0.3, -0.25) is 0 Å². The Morgan fingerprint density at radius 2 is 2.12 bits per heavy atom. The fraction of sp³-hybridized carbons (Fsp3) is 0.500. The highest BCUT2D eigenvalue weighted by atomic mass is 32.2. The predicted octanol–water partition coefficient (Wildman–Crippen LogP) is 1.92. The van der Waals surface area contributed by atoms with Crippen molar-refractivity contribution in [1.82, 2.24) is 4.31 Å². The summed E-state index contributed by atoms with van der Waals surface area (Å²) in [5.74, 6) is 0.304. The molecule has 1 saturated heterocycles. The first-order valence-corrected chi connectivity index (χ1v) is 7.22. The smallest absolute Gasteiger partial charge is 0.212 e. The Labute approximate surface area is 97.1 Å². The van der Waals surface area contributed by atoms with Crippen molar-refractivity contribution < 1.29 is 8.42 Å². The Balaban J connectivity index is 2.15. The molecule has 1 heterocycles. The van der Waals surface area contributed by atoms with Gasteiger partial charge < -0.3 is 0 Å². The molecule has 1 aliphatic rings. The first-order chi connectivity index (χ1) is 7.58. The molecule has 1 aromatic carbocycles. The van der Waals surface area contributed by atoms with Crippen molar-refractivity contribution >= 4 is 10.0 Å². The van der Waals surface area contributed by atoms with Crippen molar-refractivity contribution in [2.45, 2.75) is 26.3 Å². The minimum absolute atomic E-state index is 0.304. The lowest BCUT2D eigenvalue weighted by atomic mass is 10.1. The first-order valence-electron chi connectivity index (χ1n) is 5.61. The Morgan fingerprint density at radius 1 is 1.31 bits per heavy atom. The van der Waals surface area contributed by atoms with Crippen molar-refractivity contribution in [2.24, 2.45) is 0 Å². The van der Waals surface area contributed by atoms with Gasteiger partial charge in [0.05, 0.1) is 5.75 Å². The van der Waals surface area contributed by atoms with Crippen LogP contribution < -0.4 is 0 Å². The molecule has 0 bridgehead atoms. The van der Waals surface area contributed by atoms with E-state index < -0.39 is 10.0 Å². The molecule has 4 heteroatoms. The molecule has 2 rings (SSSR count). The highest BCUT2D eigenvalue weighted by Gasteiger charge is 2.25. The normalized spacial score (nSPS) is 20.8. The van der Waals surface area contributed by atoms with Crippen LogP contribution in [-0.4, -0.2) is 25.0 Å². The predicted molar refractivity (Wildman–Crippen MR) is 64.6 cm³/mol. The van der Waals surface area contributed by atoms with Gasteiger partial charge in [0.25, 0.3) is 0 Å². The molecule has 16 heavy (non-hydrogen) atoms. The molecule has 1 aromatic rings. The Morgan fingerprint density at radius 3 is 2.81 bits per heavy atom. The summed E-state index contributed by atoms with van der Waals surface area (Å²) in [5, 5.41) is 0. The van der Waals surface area contributed by atoms with Gasteiger partial charge in [0.2, 0.25) is 10.0 Å². The van der Waals surface area contributed by atoms with Crippen LogP contribution in [0.3, 0.4) is 0 Å². The first kappa shape index (κ1) is 11.6. The Kier molecular flexibility index (Phi) is 3.30. The SMILES string of the molecule is Cc1cccc(CN2CCCCS2(=O)=O)c1. The molecule has 0 atom stereocenters. The Hall–Kier alpha value is -0.870. The number of nitrogens with zero attached hydrogens (tertiary/aromatic N) is 1. The van der Waals surface area contributed by atoms with Crippen LogP contribution in [-0.2, 0) is 16.6 Å². The van der Waals surface area contributed by atoms with Gasteiger partial charge in [0.15, 0.2) is 0 Å². The summed E-state index contributed by atoms with van der Waals surface area (Å²) in [5.41, 5.74) is 2.25. The van der Waals surface area contributed by atoms with Gasteiger partial charge in [0.1, 0.15) is 0 Å². The van der Waals surface area contributed by atoms with Gasteiger partial charge in [-0.15, -0.1) is 0 Å². The maximum Gasteiger partial charge on any atom is 0.214 e. The van der Waals surface area contributed by atoms with Crippen LogP contribution in [0.25, 0.3) is 0 Å². The van der Waals surface area contributed by atoms with E-state index in [2.05, 4.69) is 0 Å². The molecule has 0 spiro atoms. The van der Waals surface area contributed by atoms with Gasteiger partial charge in [0, 0.05) is 13.1 Å². The number of hydrogen-bond donors (Lipinski definition) is 0. The van der Waals surface area contributed by atoms with Crippen LogP contribution in [0.1, 0.15) is 24.0 Å². The molecule has 0 N–H and O–H groups in total. The zero-order valence-corrected chi connectivity index (χ0v) is 10.3. The van der Waals surface area contributed by atoms with E-state index in [9.17, 15) is 8.42 Å². The molecule has 0 unspecified atom stereocenters. The van der Waals surface area contributed by atoms with Gasteiger partial charge >= 0.3 is 0 Å². The zero-order chi connectivity index (χ0) is 11.6. The molecule has 1 aliphatic heterocycles. The van der Waals surface area contributed by atoms with E-state index in [0.717, 1.165) is 18.4 Å². The molecule has 0 amide bonds. The topological polar surface area (TPSA) is 37.4 Å². The summed E-state index contributed by atoms with van der Waals surface area (Å²) >= 11 is 0. The minimum Gasteiger partial charge on any atom is -0.212 e. The van der Waals surface area contributed by atoms with E-state index in [4.69, 9.17) is 0 Å². The van der Waals surface area contributed by atoms with Crippen molar-refractivity contribution in [3.63, 3.8) is 0 Å². The number of rotatable bonds is 2. The third-order valence-electron chi connectivity index (χ3n) is 2.89. The minimum atomic E-state index is -3.00. The van der Waals surface area contributed by atoms with E-state index in [1.54, 1.807) is 4.31 Å². The second kappa shape index (κ2) is 4.55. The van der Waals surface area contributed by atoms with Gasteiger partial charge in [-0.25, -0.2) is 8.42 Å². The molecule has 0 aromatic heterocycles. The molecule has 0 saturated carbocycles. The van der Waals surface area contributed by atoms with Gasteiger partial charge in [-0.05, 0) is 25.3 Å². The van der Waals surface area contributed by atoms with Crippen LogP contribution in [0.15, 0.2) is 24.3 Å². The van der Waals surface area contributed by atoms with Crippen LogP contribution in [0, 0.1) is 6.92 Å². The highest BCUT2D eigenvalue weighted by molar-refractivity contribution is 7.89. The zero-order valence-electron chi connectivity index (χ0n) is 9.52. The third-order valence-corrected chi connectivity index (χ3v) is 4.80. The van der Waals surface area contributed by atoms with Crippen LogP contribution in [0.2, 0.25) is 0 Å². The lowest BCUT2D eigenvalue weighted by molar-refractivity contribution is 0.378. The quantitative estimate of drug-likeness (QED) is 0.790. The molecule has 0 aliphatic carbocycles. The van der Waals surface area contributed by atoms with Crippen molar-refractivity contribution in [1.29, 1.82) is 0 Å². The Bertz CT molecular complexity index is 468. The average Bonchev–Trinajstić information content (AvgIpc) is 2.21. The number of hydrogen-bond acceptors (Lipinski definition) is 2. The van der Waals surface area contributed by atoms with E-state index in [-0.39, 0.29) is 0 Å². The summed E-state index contributed by atoms with van der Waals surface area (Å²) in [6.45, 7) is 3.20. The molecule has 3 nitrogen and oxygen atoms in total. The molecule has 88 valence electrons. The largest absolute Gasteiger partial charge is 0.214 e. The highest BCUT2D eigenvalue weighted by Crippen LogP contribution is 2.17. The fourth-order valence-corrected chi connectivity index (χ4v) is 3.61. The molecular weight excluding hydrogens is 222 g/mol. The fourth-order valence-electron chi connectivity index (χ4n) is 2.03. The standard InChI is InChI=1S/C12H17NO2S/c1-11-5-4-6-12(9-11)10-13-7-2-3-8-16(13,14)15/h4-6,9H,2-3,7-8,10H2,1H3. The summed E-state index contributed by atoms with van der Waals surface area (Å²) < 4.78 is 25.2. The lowest BCUT2D eigenvalue weighted by Gasteiger charge is -2.26. The second-order valence-corrected chi connectivity index (χ2v) is 6.43. The summed E-state index contributed by atoms with van der Waals surface area (Å²) in [4.78, 5) is 0. The van der Waals surface area contributed by atoms with E-state index in [1.165, 1.54) is 5.56 Å². The number of benzene rings is 1. The summed E-state index contributed by atoms with van der Waals surface area (Å²) in [7, 11) is -3.00. The molecular formula is C12H17NO2S. The van der Waals surface area contributed by atoms with Crippen molar-refractivity contribution in [3.8, 4) is 0 Å². The monoisotopic (exact) mass is 239 g/mol. The maximum atomic E-state index is 11.8. The lowest BCUT2D eigenvalue weighted by Crippen LogP contribution is -2.37. The molecule has 0 radical (unpaired) electrons. The van der Waals surface area contributed by atoms with Gasteiger partial charge in [-0.1, -0.05) is 29.8 Å². The number of sulfonamides is 1. The second-order valence-electron chi connectivity index (χ2n) is 4.35. The summed E-state index contributed by atoms with van der Waals surface area (Å²) in [6, 6.07) is 8.02. The van der Waals surface area contributed by atoms with Crippen LogP contribution in [0.5, 0.6) is 0 Å². The maximum absolute atomic E-state index is 11.8. The average molecular weight is 239 g/mol. The van der Waals surface area contributed by atoms with Crippen molar-refractivity contribution in [3.05, 3.63) is 35.4 Å². The third kappa shape index (κ3) is 2.62. The van der Waals surface area contributed by atoms with Crippen molar-refractivity contribution in [2.75, 3.05) is 12.3 Å². The van der Waals surface area contributed by atoms with E-state index in [0.29, 0.717) is 18.8 Å².